The van der Waals surface area contributed by atoms with E-state index in [1.54, 1.807) is 0 Å². The van der Waals surface area contributed by atoms with E-state index < -0.39 is 0 Å². The van der Waals surface area contributed by atoms with Crippen molar-refractivity contribution >= 4 is 41.1 Å². The largest absolute Gasteiger partial charge is 4.00 e. The average molecular weight is 501 g/mol. The van der Waals surface area contributed by atoms with Crippen LogP contribution in [0.1, 0.15) is 16.7 Å². The molecule has 0 saturated heterocycles. The zero-order chi connectivity index (χ0) is 21.0. The Hall–Kier alpha value is -1.76. The molecule has 0 aliphatic rings. The van der Waals surface area contributed by atoms with E-state index in [1.165, 1.54) is 49.0 Å². The minimum Gasteiger partial charge on any atom is -0.358 e. The maximum atomic E-state index is 3.74. The fourth-order valence-corrected chi connectivity index (χ4v) is 3.75. The van der Waals surface area contributed by atoms with Gasteiger partial charge in [-0.2, -0.15) is 6.07 Å². The standard InChI is InChI=1S/C13H9.C12H13.C3H8Si.CH3.Zr/c1-3-7-12-10(5-1)9-11-6-2-4-8-13(11)12;1-8-4-10(3)12-7-9(2)6-11(12)5-8;1-4(2)3;;/h1-9H;4-7H,1-3H3;1H2,2-3H3;1H3;/q4*-1;+4. The molecule has 157 valence electrons. The molecule has 5 aromatic carbocycles. The summed E-state index contributed by atoms with van der Waals surface area (Å²) in [5.41, 5.74) is 4.10. The van der Waals surface area contributed by atoms with Crippen molar-refractivity contribution in [2.45, 2.75) is 33.9 Å². The summed E-state index contributed by atoms with van der Waals surface area (Å²) in [5, 5.41) is 8.17. The van der Waals surface area contributed by atoms with Crippen molar-refractivity contribution in [3.05, 3.63) is 110 Å². The van der Waals surface area contributed by atoms with Crippen LogP contribution in [-0.2, 0) is 26.2 Å². The van der Waals surface area contributed by atoms with Gasteiger partial charge in [0.2, 0.25) is 0 Å². The molecular weight excluding hydrogens is 468 g/mol. The number of hydrogen-bond acceptors (Lipinski definition) is 0. The van der Waals surface area contributed by atoms with Gasteiger partial charge in [0.15, 0.2) is 0 Å². The summed E-state index contributed by atoms with van der Waals surface area (Å²) in [4.78, 5) is 0. The van der Waals surface area contributed by atoms with Crippen LogP contribution in [0.3, 0.4) is 0 Å². The minimum absolute atomic E-state index is 0. The van der Waals surface area contributed by atoms with Gasteiger partial charge in [-0.05, 0) is 13.8 Å². The Labute approximate surface area is 209 Å². The zero-order valence-corrected chi connectivity index (χ0v) is 23.2. The van der Waals surface area contributed by atoms with Crippen LogP contribution in [0.25, 0.3) is 32.3 Å². The Morgan fingerprint density at radius 2 is 1.16 bits per heavy atom. The predicted molar refractivity (Wildman–Crippen MR) is 140 cm³/mol. The van der Waals surface area contributed by atoms with Crippen LogP contribution in [0.2, 0.25) is 13.1 Å². The third kappa shape index (κ3) is 7.13. The molecule has 0 amide bonds. The van der Waals surface area contributed by atoms with Crippen LogP contribution in [0.4, 0.5) is 0 Å². The first-order chi connectivity index (χ1) is 13.8. The van der Waals surface area contributed by atoms with E-state index in [2.05, 4.69) is 119 Å². The first-order valence-corrected chi connectivity index (χ1v) is 12.9. The molecule has 0 fully saturated rings. The van der Waals surface area contributed by atoms with E-state index in [0.717, 1.165) is 0 Å². The van der Waals surface area contributed by atoms with E-state index in [0.29, 0.717) is 0 Å². The van der Waals surface area contributed by atoms with Gasteiger partial charge in [-0.3, -0.25) is 0 Å². The molecule has 0 unspecified atom stereocenters. The monoisotopic (exact) mass is 499 g/mol. The van der Waals surface area contributed by atoms with Crippen molar-refractivity contribution in [1.29, 1.82) is 0 Å². The maximum Gasteiger partial charge on any atom is 4.00 e. The van der Waals surface area contributed by atoms with Gasteiger partial charge in [0, 0.05) is 0 Å². The Balaban J connectivity index is 0.000000252. The van der Waals surface area contributed by atoms with Gasteiger partial charge in [-0.15, -0.1) is 77.0 Å². The molecule has 0 bridgehead atoms. The van der Waals surface area contributed by atoms with Crippen LogP contribution in [-0.4, -0.2) is 8.80 Å². The summed E-state index contributed by atoms with van der Waals surface area (Å²) >= 11 is 0. The van der Waals surface area contributed by atoms with Crippen molar-refractivity contribution in [3.8, 4) is 0 Å². The number of hydrogen-bond donors (Lipinski definition) is 0. The summed E-state index contributed by atoms with van der Waals surface area (Å²) in [6.45, 7) is 14.5. The Morgan fingerprint density at radius 3 is 1.68 bits per heavy atom. The molecule has 0 aliphatic heterocycles. The molecule has 5 rings (SSSR count). The normalized spacial score (nSPS) is 10.0. The Morgan fingerprint density at radius 1 is 0.677 bits per heavy atom. The first-order valence-electron chi connectivity index (χ1n) is 10.1. The number of aryl methyl sites for hydroxylation is 3. The van der Waals surface area contributed by atoms with Crippen LogP contribution < -0.4 is 0 Å². The zero-order valence-electron chi connectivity index (χ0n) is 19.7. The van der Waals surface area contributed by atoms with Gasteiger partial charge >= 0.3 is 26.2 Å². The first kappa shape index (κ1) is 27.3. The van der Waals surface area contributed by atoms with Crippen LogP contribution >= 0.6 is 0 Å². The summed E-state index contributed by atoms with van der Waals surface area (Å²) in [6.07, 6.45) is 0. The third-order valence-corrected chi connectivity index (χ3v) is 4.84. The van der Waals surface area contributed by atoms with Gasteiger partial charge in [0.1, 0.15) is 0 Å². The fraction of sp³-hybridized carbons (Fsp3) is 0.172. The molecule has 31 heavy (non-hydrogen) atoms. The van der Waals surface area contributed by atoms with Crippen molar-refractivity contribution in [2.75, 3.05) is 0 Å². The smallest absolute Gasteiger partial charge is 0.358 e. The summed E-state index contributed by atoms with van der Waals surface area (Å²) in [5.74, 6) is 0. The molecule has 0 N–H and O–H groups in total. The molecule has 2 heteroatoms. The number of rotatable bonds is 0. The molecular formula is C29H33SiZr. The average Bonchev–Trinajstić information content (AvgIpc) is 3.22. The summed E-state index contributed by atoms with van der Waals surface area (Å²) in [6, 6.07) is 28.3. The van der Waals surface area contributed by atoms with E-state index >= 15 is 0 Å². The van der Waals surface area contributed by atoms with Gasteiger partial charge in [0.25, 0.3) is 0 Å². The van der Waals surface area contributed by atoms with Crippen molar-refractivity contribution in [1.82, 2.24) is 0 Å². The SMILES string of the molecule is Cc1cc(C)c2cc(C)[cH-]c2c1.[CH2-][Si](C)C.[CH3-].[Zr+4].c1ccc2c(c1)[cH-]c1ccccc12. The molecule has 0 spiro atoms. The fourth-order valence-electron chi connectivity index (χ4n) is 3.75. The topological polar surface area (TPSA) is 0 Å². The predicted octanol–water partition coefficient (Wildman–Crippen LogP) is 8.76. The second-order valence-electron chi connectivity index (χ2n) is 8.14. The molecule has 0 nitrogen and oxygen atoms in total. The van der Waals surface area contributed by atoms with Gasteiger partial charge in [-0.1, -0.05) is 73.6 Å². The van der Waals surface area contributed by atoms with E-state index in [1.807, 2.05) is 0 Å². The van der Waals surface area contributed by atoms with Crippen LogP contribution in [0, 0.1) is 34.7 Å². The molecule has 0 heterocycles. The second kappa shape index (κ2) is 12.3. The quantitative estimate of drug-likeness (QED) is 0.147. The van der Waals surface area contributed by atoms with Gasteiger partial charge < -0.3 is 14.0 Å². The minimum atomic E-state index is -0.130. The van der Waals surface area contributed by atoms with Crippen LogP contribution in [0.15, 0.2) is 78.9 Å². The molecule has 0 atom stereocenters. The van der Waals surface area contributed by atoms with Crippen LogP contribution in [0.5, 0.6) is 0 Å². The Bertz CT molecular complexity index is 1170. The van der Waals surface area contributed by atoms with Crippen molar-refractivity contribution in [3.63, 3.8) is 0 Å². The molecule has 0 aromatic heterocycles. The molecule has 1 radical (unpaired) electrons. The van der Waals surface area contributed by atoms with E-state index in [-0.39, 0.29) is 42.4 Å². The molecule has 0 aliphatic carbocycles. The van der Waals surface area contributed by atoms with Crippen molar-refractivity contribution < 1.29 is 26.2 Å². The molecule has 5 aromatic rings. The number of benzene rings is 3. The molecule has 0 saturated carbocycles. The van der Waals surface area contributed by atoms with E-state index in [9.17, 15) is 0 Å². The summed E-state index contributed by atoms with van der Waals surface area (Å²) in [7, 11) is -0.130. The Kier molecular flexibility index (Phi) is 10.8. The maximum absolute atomic E-state index is 3.74. The second-order valence-corrected chi connectivity index (χ2v) is 10.6. The summed E-state index contributed by atoms with van der Waals surface area (Å²) < 4.78 is 0. The van der Waals surface area contributed by atoms with Gasteiger partial charge in [0.05, 0.1) is 0 Å². The number of fused-ring (bicyclic) bond motifs is 4. The van der Waals surface area contributed by atoms with Gasteiger partial charge in [-0.25, -0.2) is 0 Å². The van der Waals surface area contributed by atoms with Crippen molar-refractivity contribution in [2.24, 2.45) is 0 Å². The third-order valence-electron chi connectivity index (χ3n) is 4.84. The van der Waals surface area contributed by atoms with E-state index in [4.69, 9.17) is 0 Å².